The monoisotopic (exact) mass is 340 g/mol. The summed E-state index contributed by atoms with van der Waals surface area (Å²) in [5, 5.41) is 4.86. The predicted molar refractivity (Wildman–Crippen MR) is 95.4 cm³/mol. The van der Waals surface area contributed by atoms with Crippen LogP contribution in [0, 0.1) is 0 Å². The molecule has 0 amide bonds. The van der Waals surface area contributed by atoms with E-state index in [1.807, 2.05) is 12.1 Å². The molecule has 2 N–H and O–H groups in total. The Morgan fingerprint density at radius 1 is 1.25 bits per heavy atom. The highest BCUT2D eigenvalue weighted by Gasteiger charge is 2.19. The van der Waals surface area contributed by atoms with Crippen LogP contribution in [0.2, 0.25) is 5.02 Å². The van der Waals surface area contributed by atoms with Crippen LogP contribution in [0.1, 0.15) is 28.4 Å². The fourth-order valence-electron chi connectivity index (χ4n) is 3.11. The third kappa shape index (κ3) is 2.48. The maximum atomic E-state index is 11.9. The fraction of sp³-hybridized carbons (Fsp3) is 0.211. The number of methoxy groups -OCH3 is 1. The van der Waals surface area contributed by atoms with Gasteiger partial charge in [0.05, 0.1) is 17.7 Å². The number of esters is 1. The molecule has 4 rings (SSSR count). The largest absolute Gasteiger partial charge is 0.465 e. The fourth-order valence-corrected chi connectivity index (χ4v) is 3.38. The lowest BCUT2D eigenvalue weighted by molar-refractivity contribution is 0.0603. The number of H-pyrrole nitrogens is 1. The van der Waals surface area contributed by atoms with Gasteiger partial charge >= 0.3 is 5.97 Å². The summed E-state index contributed by atoms with van der Waals surface area (Å²) in [6.07, 6.45) is 2.83. The van der Waals surface area contributed by atoms with E-state index in [0.29, 0.717) is 16.6 Å². The van der Waals surface area contributed by atoms with Gasteiger partial charge in [-0.1, -0.05) is 35.9 Å². The average Bonchev–Trinajstić information content (AvgIpc) is 2.95. The van der Waals surface area contributed by atoms with Crippen LogP contribution in [0.3, 0.4) is 0 Å². The third-order valence-corrected chi connectivity index (χ3v) is 4.94. The molecule has 122 valence electrons. The smallest absolute Gasteiger partial charge is 0.340 e. The number of hydrogen-bond acceptors (Lipinski definition) is 3. The molecule has 1 fully saturated rings. The summed E-state index contributed by atoms with van der Waals surface area (Å²) in [5.74, 6) is -0.360. The average molecular weight is 341 g/mol. The van der Waals surface area contributed by atoms with Crippen LogP contribution in [0.15, 0.2) is 42.6 Å². The van der Waals surface area contributed by atoms with Gasteiger partial charge in [0.2, 0.25) is 0 Å². The van der Waals surface area contributed by atoms with Crippen molar-refractivity contribution >= 4 is 28.5 Å². The Balaban J connectivity index is 1.77. The van der Waals surface area contributed by atoms with Crippen molar-refractivity contribution in [1.82, 2.24) is 10.3 Å². The van der Waals surface area contributed by atoms with Crippen molar-refractivity contribution in [1.29, 1.82) is 0 Å². The SMILES string of the molecule is COC(=O)c1c[nH]c2cc(Cl)c(-c3ccc([C@H]4CCN4)cc3)cc12. The summed E-state index contributed by atoms with van der Waals surface area (Å²) in [5.41, 5.74) is 4.56. The molecule has 1 aliphatic rings. The summed E-state index contributed by atoms with van der Waals surface area (Å²) < 4.78 is 4.84. The second-order valence-electron chi connectivity index (χ2n) is 5.99. The first kappa shape index (κ1) is 15.2. The van der Waals surface area contributed by atoms with E-state index < -0.39 is 0 Å². The first-order valence-corrected chi connectivity index (χ1v) is 8.28. The number of fused-ring (bicyclic) bond motifs is 1. The van der Waals surface area contributed by atoms with Crippen molar-refractivity contribution in [3.05, 3.63) is 58.7 Å². The third-order valence-electron chi connectivity index (χ3n) is 4.62. The maximum Gasteiger partial charge on any atom is 0.340 e. The Labute approximate surface area is 144 Å². The van der Waals surface area contributed by atoms with Gasteiger partial charge in [0, 0.05) is 28.7 Å². The number of halogens is 1. The van der Waals surface area contributed by atoms with E-state index in [9.17, 15) is 4.79 Å². The molecule has 5 heteroatoms. The van der Waals surface area contributed by atoms with Gasteiger partial charge in [0.1, 0.15) is 0 Å². The number of benzene rings is 2. The molecule has 1 aliphatic heterocycles. The van der Waals surface area contributed by atoms with Crippen LogP contribution in [0.25, 0.3) is 22.0 Å². The van der Waals surface area contributed by atoms with Crippen molar-refractivity contribution in [2.75, 3.05) is 13.7 Å². The van der Waals surface area contributed by atoms with Crippen molar-refractivity contribution in [2.45, 2.75) is 12.5 Å². The topological polar surface area (TPSA) is 54.1 Å². The van der Waals surface area contributed by atoms with Crippen LogP contribution in [0.5, 0.6) is 0 Å². The molecule has 1 atom stereocenters. The first-order chi connectivity index (χ1) is 11.7. The number of ether oxygens (including phenoxy) is 1. The number of hydrogen-bond donors (Lipinski definition) is 2. The van der Waals surface area contributed by atoms with E-state index in [1.165, 1.54) is 19.1 Å². The van der Waals surface area contributed by atoms with E-state index in [4.69, 9.17) is 16.3 Å². The highest BCUT2D eigenvalue weighted by Crippen LogP contribution is 2.34. The van der Waals surface area contributed by atoms with Crippen LogP contribution in [0.4, 0.5) is 0 Å². The van der Waals surface area contributed by atoms with Gasteiger partial charge in [0.25, 0.3) is 0 Å². The summed E-state index contributed by atoms with van der Waals surface area (Å²) in [6.45, 7) is 1.08. The van der Waals surface area contributed by atoms with Crippen molar-refractivity contribution in [3.8, 4) is 11.1 Å². The lowest BCUT2D eigenvalue weighted by Gasteiger charge is -2.28. The van der Waals surface area contributed by atoms with Gasteiger partial charge in [0.15, 0.2) is 0 Å². The molecular weight excluding hydrogens is 324 g/mol. The zero-order chi connectivity index (χ0) is 16.7. The van der Waals surface area contributed by atoms with Crippen molar-refractivity contribution in [2.24, 2.45) is 0 Å². The zero-order valence-corrected chi connectivity index (χ0v) is 14.0. The van der Waals surface area contributed by atoms with Crippen LogP contribution in [-0.4, -0.2) is 24.6 Å². The van der Waals surface area contributed by atoms with Gasteiger partial charge < -0.3 is 15.0 Å². The maximum absolute atomic E-state index is 11.9. The Bertz CT molecular complexity index is 911. The molecule has 24 heavy (non-hydrogen) atoms. The molecule has 0 aliphatic carbocycles. The van der Waals surface area contributed by atoms with Gasteiger partial charge in [-0.05, 0) is 36.2 Å². The highest BCUT2D eigenvalue weighted by atomic mass is 35.5. The van der Waals surface area contributed by atoms with Gasteiger partial charge in [-0.25, -0.2) is 4.79 Å². The number of aromatic nitrogens is 1. The summed E-state index contributed by atoms with van der Waals surface area (Å²) in [4.78, 5) is 15.0. The normalized spacial score (nSPS) is 16.8. The van der Waals surface area contributed by atoms with Gasteiger partial charge in [-0.15, -0.1) is 0 Å². The number of nitrogens with one attached hydrogen (secondary N) is 2. The zero-order valence-electron chi connectivity index (χ0n) is 13.2. The molecule has 2 heterocycles. The van der Waals surface area contributed by atoms with Gasteiger partial charge in [-0.2, -0.15) is 0 Å². The Morgan fingerprint density at radius 2 is 2.00 bits per heavy atom. The lowest BCUT2D eigenvalue weighted by Crippen LogP contribution is -2.34. The molecule has 0 radical (unpaired) electrons. The Kier molecular flexibility index (Phi) is 3.79. The van der Waals surface area contributed by atoms with E-state index in [1.54, 1.807) is 6.20 Å². The van der Waals surface area contributed by atoms with Crippen LogP contribution < -0.4 is 5.32 Å². The highest BCUT2D eigenvalue weighted by molar-refractivity contribution is 6.34. The van der Waals surface area contributed by atoms with E-state index >= 15 is 0 Å². The lowest BCUT2D eigenvalue weighted by atomic mass is 9.95. The molecule has 1 aromatic heterocycles. The van der Waals surface area contributed by atoms with Gasteiger partial charge in [-0.3, -0.25) is 0 Å². The Hall–Kier alpha value is -2.30. The number of carbonyl (C=O) groups is 1. The minimum atomic E-state index is -0.360. The molecule has 4 nitrogen and oxygen atoms in total. The molecule has 2 aromatic carbocycles. The molecule has 0 saturated carbocycles. The second-order valence-corrected chi connectivity index (χ2v) is 6.40. The van der Waals surface area contributed by atoms with Crippen LogP contribution >= 0.6 is 11.6 Å². The molecule has 3 aromatic rings. The van der Waals surface area contributed by atoms with E-state index in [0.717, 1.165) is 28.6 Å². The number of rotatable bonds is 3. The molecular formula is C19H17ClN2O2. The Morgan fingerprint density at radius 3 is 2.62 bits per heavy atom. The van der Waals surface area contributed by atoms with Crippen molar-refractivity contribution < 1.29 is 9.53 Å². The van der Waals surface area contributed by atoms with Crippen molar-refractivity contribution in [3.63, 3.8) is 0 Å². The molecule has 0 spiro atoms. The van der Waals surface area contributed by atoms with E-state index in [-0.39, 0.29) is 5.97 Å². The minimum Gasteiger partial charge on any atom is -0.465 e. The summed E-state index contributed by atoms with van der Waals surface area (Å²) >= 11 is 6.45. The standard InChI is InChI=1S/C19H17ClN2O2/c1-24-19(23)15-10-22-18-9-16(20)13(8-14(15)18)11-2-4-12(5-3-11)17-6-7-21-17/h2-5,8-10,17,21-22H,6-7H2,1H3/t17-/m1/s1. The second kappa shape index (κ2) is 5.96. The number of carbonyl (C=O) groups excluding carboxylic acids is 1. The quantitative estimate of drug-likeness (QED) is 0.698. The van der Waals surface area contributed by atoms with Crippen LogP contribution in [-0.2, 0) is 4.74 Å². The summed E-state index contributed by atoms with van der Waals surface area (Å²) in [6, 6.07) is 12.7. The predicted octanol–water partition coefficient (Wildman–Crippen LogP) is 4.31. The minimum absolute atomic E-state index is 0.360. The molecule has 0 bridgehead atoms. The van der Waals surface area contributed by atoms with E-state index in [2.05, 4.69) is 34.6 Å². The first-order valence-electron chi connectivity index (χ1n) is 7.90. The molecule has 0 unspecified atom stereocenters. The molecule has 1 saturated heterocycles. The number of aromatic amines is 1. The summed E-state index contributed by atoms with van der Waals surface area (Å²) in [7, 11) is 1.38.